The monoisotopic (exact) mass is 324 g/mol. The van der Waals surface area contributed by atoms with Crippen molar-refractivity contribution in [1.82, 2.24) is 9.88 Å². The Morgan fingerprint density at radius 2 is 2.23 bits per heavy atom. The fourth-order valence-electron chi connectivity index (χ4n) is 2.39. The Bertz CT molecular complexity index is 528. The molecule has 1 amide bonds. The van der Waals surface area contributed by atoms with Crippen LogP contribution < -0.4 is 0 Å². The van der Waals surface area contributed by atoms with Crippen molar-refractivity contribution >= 4 is 16.9 Å². The standard InChI is InChI=1S/C16H24N2O3S/c1-16(2,3)21-15(19)18-10-6-8-14(11-18)22(20)12-13-7-4-5-9-17-13/h4-5,7,9,14H,6,8,10-12H2,1-3H3/t14-,22+/m1/s1. The van der Waals surface area contributed by atoms with Gasteiger partial charge in [0.15, 0.2) is 0 Å². The number of rotatable bonds is 3. The molecule has 1 aromatic rings. The third-order valence-corrected chi connectivity index (χ3v) is 5.13. The summed E-state index contributed by atoms with van der Waals surface area (Å²) in [7, 11) is -1.03. The van der Waals surface area contributed by atoms with Crippen molar-refractivity contribution in [3.8, 4) is 0 Å². The van der Waals surface area contributed by atoms with Crippen LogP contribution in [0.1, 0.15) is 39.3 Å². The molecule has 1 saturated heterocycles. The fourth-order valence-corrected chi connectivity index (χ4v) is 3.87. The summed E-state index contributed by atoms with van der Waals surface area (Å²) < 4.78 is 17.9. The summed E-state index contributed by atoms with van der Waals surface area (Å²) in [6, 6.07) is 5.62. The summed E-state index contributed by atoms with van der Waals surface area (Å²) in [6.07, 6.45) is 3.13. The normalized spacial score (nSPS) is 20.5. The zero-order valence-corrected chi connectivity index (χ0v) is 14.3. The minimum Gasteiger partial charge on any atom is -0.444 e. The van der Waals surface area contributed by atoms with Gasteiger partial charge in [0.1, 0.15) is 5.60 Å². The van der Waals surface area contributed by atoms with E-state index in [4.69, 9.17) is 4.74 Å². The molecule has 0 spiro atoms. The summed E-state index contributed by atoms with van der Waals surface area (Å²) in [5.41, 5.74) is 0.326. The molecule has 122 valence electrons. The molecule has 1 aromatic heterocycles. The van der Waals surface area contributed by atoms with Crippen LogP contribution in [0.4, 0.5) is 4.79 Å². The summed E-state index contributed by atoms with van der Waals surface area (Å²) in [4.78, 5) is 18.0. The lowest BCUT2D eigenvalue weighted by Gasteiger charge is -2.33. The molecule has 1 aliphatic heterocycles. The maximum Gasteiger partial charge on any atom is 0.410 e. The molecule has 2 heterocycles. The third-order valence-electron chi connectivity index (χ3n) is 3.42. The van der Waals surface area contributed by atoms with Crippen LogP contribution in [0.2, 0.25) is 0 Å². The van der Waals surface area contributed by atoms with E-state index in [1.807, 2.05) is 39.0 Å². The number of piperidine rings is 1. The highest BCUT2D eigenvalue weighted by Gasteiger charge is 2.30. The van der Waals surface area contributed by atoms with Gasteiger partial charge in [0.05, 0.1) is 16.7 Å². The Morgan fingerprint density at radius 3 is 2.86 bits per heavy atom. The van der Waals surface area contributed by atoms with E-state index in [-0.39, 0.29) is 11.3 Å². The van der Waals surface area contributed by atoms with Crippen LogP contribution in [-0.2, 0) is 21.3 Å². The van der Waals surface area contributed by atoms with Crippen LogP contribution >= 0.6 is 0 Å². The van der Waals surface area contributed by atoms with Gasteiger partial charge in [-0.2, -0.15) is 0 Å². The average Bonchev–Trinajstić information content (AvgIpc) is 2.46. The van der Waals surface area contributed by atoms with Crippen molar-refractivity contribution in [2.24, 2.45) is 0 Å². The summed E-state index contributed by atoms with van der Waals surface area (Å²) in [5, 5.41) is -0.0109. The van der Waals surface area contributed by atoms with Gasteiger partial charge in [-0.3, -0.25) is 9.19 Å². The smallest absolute Gasteiger partial charge is 0.410 e. The van der Waals surface area contributed by atoms with Gasteiger partial charge in [-0.25, -0.2) is 4.79 Å². The first-order chi connectivity index (χ1) is 10.3. The second-order valence-corrected chi connectivity index (χ2v) is 8.25. The molecule has 5 nitrogen and oxygen atoms in total. The van der Waals surface area contributed by atoms with Crippen molar-refractivity contribution in [3.63, 3.8) is 0 Å². The number of aromatic nitrogens is 1. The number of carbonyl (C=O) groups excluding carboxylic acids is 1. The Labute approximate surface area is 134 Å². The molecule has 22 heavy (non-hydrogen) atoms. The van der Waals surface area contributed by atoms with E-state index in [2.05, 4.69) is 4.98 Å². The SMILES string of the molecule is CC(C)(C)OC(=O)N1CCC[C@@H]([S@@](=O)Cc2ccccn2)C1. The van der Waals surface area contributed by atoms with E-state index in [1.165, 1.54) is 0 Å². The van der Waals surface area contributed by atoms with Crippen LogP contribution in [0.3, 0.4) is 0 Å². The highest BCUT2D eigenvalue weighted by molar-refractivity contribution is 7.84. The zero-order chi connectivity index (χ0) is 16.2. The molecule has 0 N–H and O–H groups in total. The molecule has 0 bridgehead atoms. The predicted octanol–water partition coefficient (Wildman–Crippen LogP) is 2.73. The van der Waals surface area contributed by atoms with Crippen molar-refractivity contribution in [1.29, 1.82) is 0 Å². The second kappa shape index (κ2) is 7.22. The summed E-state index contributed by atoms with van der Waals surface area (Å²) in [6.45, 7) is 6.73. The minimum absolute atomic E-state index is 0.0109. The topological polar surface area (TPSA) is 59.5 Å². The summed E-state index contributed by atoms with van der Waals surface area (Å²) >= 11 is 0. The van der Waals surface area contributed by atoms with E-state index in [0.29, 0.717) is 18.8 Å². The van der Waals surface area contributed by atoms with Crippen LogP contribution in [0.15, 0.2) is 24.4 Å². The number of likely N-dealkylation sites (tertiary alicyclic amines) is 1. The third kappa shape index (κ3) is 5.09. The Hall–Kier alpha value is -1.43. The predicted molar refractivity (Wildman–Crippen MR) is 86.9 cm³/mol. The van der Waals surface area contributed by atoms with Gasteiger partial charge >= 0.3 is 6.09 Å². The van der Waals surface area contributed by atoms with Gasteiger partial charge in [0.25, 0.3) is 0 Å². The number of ether oxygens (including phenoxy) is 1. The maximum atomic E-state index is 12.5. The lowest BCUT2D eigenvalue weighted by molar-refractivity contribution is 0.0219. The van der Waals surface area contributed by atoms with Crippen LogP contribution in [0, 0.1) is 0 Å². The zero-order valence-electron chi connectivity index (χ0n) is 13.4. The molecule has 0 radical (unpaired) electrons. The number of carbonyl (C=O) groups is 1. The first-order valence-electron chi connectivity index (χ1n) is 7.60. The molecule has 1 aliphatic rings. The van der Waals surface area contributed by atoms with Gasteiger partial charge < -0.3 is 9.64 Å². The first kappa shape index (κ1) is 16.9. The molecule has 0 saturated carbocycles. The largest absolute Gasteiger partial charge is 0.444 e. The first-order valence-corrected chi connectivity index (χ1v) is 8.98. The van der Waals surface area contributed by atoms with E-state index in [9.17, 15) is 9.00 Å². The molecule has 0 aliphatic carbocycles. The molecule has 2 rings (SSSR count). The quantitative estimate of drug-likeness (QED) is 0.858. The van der Waals surface area contributed by atoms with Crippen molar-refractivity contribution in [3.05, 3.63) is 30.1 Å². The lowest BCUT2D eigenvalue weighted by Crippen LogP contribution is -2.46. The number of hydrogen-bond donors (Lipinski definition) is 0. The van der Waals surface area contributed by atoms with Gasteiger partial charge in [-0.1, -0.05) is 6.07 Å². The molecular weight excluding hydrogens is 300 g/mol. The highest BCUT2D eigenvalue weighted by atomic mass is 32.2. The molecule has 6 heteroatoms. The van der Waals surface area contributed by atoms with Crippen LogP contribution in [-0.4, -0.2) is 44.1 Å². The fraction of sp³-hybridized carbons (Fsp3) is 0.625. The number of hydrogen-bond acceptors (Lipinski definition) is 4. The number of nitrogens with zero attached hydrogens (tertiary/aromatic N) is 2. The Morgan fingerprint density at radius 1 is 1.45 bits per heavy atom. The lowest BCUT2D eigenvalue weighted by atomic mass is 10.1. The number of amides is 1. The van der Waals surface area contributed by atoms with E-state index < -0.39 is 16.4 Å². The van der Waals surface area contributed by atoms with Gasteiger partial charge in [0.2, 0.25) is 0 Å². The van der Waals surface area contributed by atoms with Crippen LogP contribution in [0.25, 0.3) is 0 Å². The molecule has 2 atom stereocenters. The molecular formula is C16H24N2O3S. The van der Waals surface area contributed by atoms with Crippen LogP contribution in [0.5, 0.6) is 0 Å². The minimum atomic E-state index is -1.03. The summed E-state index contributed by atoms with van der Waals surface area (Å²) in [5.74, 6) is 0.438. The van der Waals surface area contributed by atoms with E-state index in [1.54, 1.807) is 11.1 Å². The molecule has 0 aromatic carbocycles. The molecule has 1 fully saturated rings. The Balaban J connectivity index is 1.92. The van der Waals surface area contributed by atoms with E-state index in [0.717, 1.165) is 18.5 Å². The van der Waals surface area contributed by atoms with Crippen molar-refractivity contribution in [2.75, 3.05) is 13.1 Å². The van der Waals surface area contributed by atoms with Crippen molar-refractivity contribution in [2.45, 2.75) is 50.2 Å². The van der Waals surface area contributed by atoms with E-state index >= 15 is 0 Å². The van der Waals surface area contributed by atoms with Gasteiger partial charge in [-0.05, 0) is 45.7 Å². The van der Waals surface area contributed by atoms with Crippen molar-refractivity contribution < 1.29 is 13.7 Å². The average molecular weight is 324 g/mol. The molecule has 0 unspecified atom stereocenters. The number of pyridine rings is 1. The van der Waals surface area contributed by atoms with Gasteiger partial charge in [-0.15, -0.1) is 0 Å². The Kier molecular flexibility index (Phi) is 5.56. The maximum absolute atomic E-state index is 12.5. The van der Waals surface area contributed by atoms with Gasteiger partial charge in [0, 0.05) is 30.1 Å². The second-order valence-electron chi connectivity index (χ2n) is 6.54. The highest BCUT2D eigenvalue weighted by Crippen LogP contribution is 2.19.